The van der Waals surface area contributed by atoms with Crippen LogP contribution in [0.2, 0.25) is 0 Å². The number of benzene rings is 1. The minimum absolute atomic E-state index is 0.0149. The third-order valence-electron chi connectivity index (χ3n) is 2.99. The van der Waals surface area contributed by atoms with Gasteiger partial charge in [0.05, 0.1) is 5.92 Å². The molecule has 0 saturated heterocycles. The highest BCUT2D eigenvalue weighted by atomic mass is 16.4. The van der Waals surface area contributed by atoms with Crippen molar-refractivity contribution in [3.63, 3.8) is 0 Å². The first kappa shape index (κ1) is 14.2. The summed E-state index contributed by atoms with van der Waals surface area (Å²) >= 11 is 0. The molecule has 4 nitrogen and oxygen atoms in total. The first-order valence-corrected chi connectivity index (χ1v) is 6.15. The van der Waals surface area contributed by atoms with E-state index >= 15 is 0 Å². The molecule has 0 heterocycles. The van der Waals surface area contributed by atoms with Gasteiger partial charge in [0.15, 0.2) is 0 Å². The van der Waals surface area contributed by atoms with E-state index in [2.05, 4.69) is 0 Å². The van der Waals surface area contributed by atoms with Crippen LogP contribution in [0.5, 0.6) is 0 Å². The summed E-state index contributed by atoms with van der Waals surface area (Å²) in [5.74, 6) is -1.84. The van der Waals surface area contributed by atoms with E-state index in [-0.39, 0.29) is 12.3 Å². The Kier molecular flexibility index (Phi) is 5.36. The molecule has 0 aromatic heterocycles. The van der Waals surface area contributed by atoms with Crippen LogP contribution in [-0.4, -0.2) is 35.0 Å². The minimum Gasteiger partial charge on any atom is -0.481 e. The van der Waals surface area contributed by atoms with Crippen molar-refractivity contribution in [2.45, 2.75) is 26.2 Å². The molecule has 1 rings (SSSR count). The van der Waals surface area contributed by atoms with Gasteiger partial charge in [-0.2, -0.15) is 0 Å². The van der Waals surface area contributed by atoms with Crippen molar-refractivity contribution in [3.05, 3.63) is 35.9 Å². The Morgan fingerprint density at radius 1 is 1.17 bits per heavy atom. The monoisotopic (exact) mass is 249 g/mol. The highest BCUT2D eigenvalue weighted by molar-refractivity contribution is 5.85. The number of nitrogens with zero attached hydrogens (tertiary/aromatic N) is 1. The molecular weight excluding hydrogens is 230 g/mol. The highest BCUT2D eigenvalue weighted by Gasteiger charge is 2.24. The third-order valence-corrected chi connectivity index (χ3v) is 2.99. The number of carboxylic acid groups (broad SMARTS) is 1. The van der Waals surface area contributed by atoms with Gasteiger partial charge in [0, 0.05) is 19.5 Å². The Labute approximate surface area is 107 Å². The van der Waals surface area contributed by atoms with E-state index in [0.717, 1.165) is 0 Å². The Bertz CT molecular complexity index is 399. The van der Waals surface area contributed by atoms with Crippen LogP contribution in [0.15, 0.2) is 30.3 Å². The Morgan fingerprint density at radius 3 is 2.17 bits per heavy atom. The predicted molar refractivity (Wildman–Crippen MR) is 69.4 cm³/mol. The Hall–Kier alpha value is -1.84. The molecule has 1 atom stereocenters. The summed E-state index contributed by atoms with van der Waals surface area (Å²) in [4.78, 5) is 24.9. The van der Waals surface area contributed by atoms with Gasteiger partial charge in [-0.15, -0.1) is 0 Å². The number of aliphatic carboxylic acids is 1. The van der Waals surface area contributed by atoms with Gasteiger partial charge in [-0.25, -0.2) is 0 Å². The largest absolute Gasteiger partial charge is 0.481 e. The topological polar surface area (TPSA) is 57.6 Å². The van der Waals surface area contributed by atoms with Gasteiger partial charge in [-0.05, 0) is 19.4 Å². The maximum atomic E-state index is 12.0. The van der Waals surface area contributed by atoms with Crippen LogP contribution in [0.3, 0.4) is 0 Å². The fourth-order valence-electron chi connectivity index (χ4n) is 1.91. The van der Waals surface area contributed by atoms with Gasteiger partial charge < -0.3 is 10.0 Å². The van der Waals surface area contributed by atoms with Crippen LogP contribution in [0, 0.1) is 0 Å². The molecule has 18 heavy (non-hydrogen) atoms. The van der Waals surface area contributed by atoms with E-state index in [1.54, 1.807) is 29.2 Å². The quantitative estimate of drug-likeness (QED) is 0.840. The van der Waals surface area contributed by atoms with Crippen molar-refractivity contribution in [2.24, 2.45) is 0 Å². The first-order chi connectivity index (χ1) is 8.60. The zero-order valence-corrected chi connectivity index (χ0v) is 10.8. The summed E-state index contributed by atoms with van der Waals surface area (Å²) in [6.45, 7) is 4.99. The number of amides is 1. The first-order valence-electron chi connectivity index (χ1n) is 6.15. The zero-order valence-electron chi connectivity index (χ0n) is 10.8. The Balaban J connectivity index is 2.82. The molecule has 1 amide bonds. The second kappa shape index (κ2) is 6.79. The second-order valence-corrected chi connectivity index (χ2v) is 4.07. The minimum atomic E-state index is -0.957. The lowest BCUT2D eigenvalue weighted by atomic mass is 9.95. The van der Waals surface area contributed by atoms with Gasteiger partial charge in [-0.1, -0.05) is 30.3 Å². The third kappa shape index (κ3) is 3.58. The predicted octanol–water partition coefficient (Wildman–Crippen LogP) is 2.11. The molecule has 0 aliphatic rings. The van der Waals surface area contributed by atoms with Crippen LogP contribution in [-0.2, 0) is 9.59 Å². The van der Waals surface area contributed by atoms with Gasteiger partial charge in [0.2, 0.25) is 5.91 Å². The summed E-state index contributed by atoms with van der Waals surface area (Å²) in [5, 5.41) is 9.23. The van der Waals surface area contributed by atoms with Crippen LogP contribution in [0.1, 0.15) is 31.7 Å². The summed E-state index contributed by atoms with van der Waals surface area (Å²) in [7, 11) is 0. The van der Waals surface area contributed by atoms with E-state index in [4.69, 9.17) is 0 Å². The van der Waals surface area contributed by atoms with E-state index in [0.29, 0.717) is 18.7 Å². The standard InChI is InChI=1S/C14H19NO3/c1-3-15(4-2)13(16)10-12(14(17)18)11-8-6-5-7-9-11/h5-9,12H,3-4,10H2,1-2H3,(H,17,18). The van der Waals surface area contributed by atoms with Crippen molar-refractivity contribution in [1.82, 2.24) is 4.90 Å². The van der Waals surface area contributed by atoms with Crippen LogP contribution in [0.4, 0.5) is 0 Å². The Morgan fingerprint density at radius 2 is 1.72 bits per heavy atom. The van der Waals surface area contributed by atoms with Gasteiger partial charge in [-0.3, -0.25) is 9.59 Å². The molecule has 0 aliphatic carbocycles. The molecule has 0 spiro atoms. The number of hydrogen-bond acceptors (Lipinski definition) is 2. The molecule has 4 heteroatoms. The summed E-state index contributed by atoms with van der Waals surface area (Å²) < 4.78 is 0. The lowest BCUT2D eigenvalue weighted by Crippen LogP contribution is -2.32. The van der Waals surface area contributed by atoms with Crippen molar-refractivity contribution < 1.29 is 14.7 Å². The molecule has 98 valence electrons. The fraction of sp³-hybridized carbons (Fsp3) is 0.429. The zero-order chi connectivity index (χ0) is 13.5. The number of carbonyl (C=O) groups excluding carboxylic acids is 1. The maximum absolute atomic E-state index is 12.0. The van der Waals surface area contributed by atoms with Crippen molar-refractivity contribution in [3.8, 4) is 0 Å². The summed E-state index contributed by atoms with van der Waals surface area (Å²) in [6.07, 6.45) is 0.0149. The normalized spacial score (nSPS) is 11.9. The van der Waals surface area contributed by atoms with Crippen molar-refractivity contribution >= 4 is 11.9 Å². The molecule has 0 bridgehead atoms. The van der Waals surface area contributed by atoms with E-state index in [1.807, 2.05) is 19.9 Å². The average Bonchev–Trinajstić information content (AvgIpc) is 2.38. The number of carbonyl (C=O) groups is 2. The molecule has 1 unspecified atom stereocenters. The number of carboxylic acids is 1. The maximum Gasteiger partial charge on any atom is 0.311 e. The lowest BCUT2D eigenvalue weighted by Gasteiger charge is -2.21. The van der Waals surface area contributed by atoms with Crippen molar-refractivity contribution in [2.75, 3.05) is 13.1 Å². The van der Waals surface area contributed by atoms with Gasteiger partial charge in [0.1, 0.15) is 0 Å². The number of hydrogen-bond donors (Lipinski definition) is 1. The molecule has 0 fully saturated rings. The van der Waals surface area contributed by atoms with E-state index < -0.39 is 11.9 Å². The summed E-state index contributed by atoms with van der Waals surface area (Å²) in [6, 6.07) is 8.89. The van der Waals surface area contributed by atoms with E-state index in [1.165, 1.54) is 0 Å². The molecule has 0 saturated carbocycles. The smallest absolute Gasteiger partial charge is 0.311 e. The fourth-order valence-corrected chi connectivity index (χ4v) is 1.91. The molecule has 1 N–H and O–H groups in total. The lowest BCUT2D eigenvalue weighted by molar-refractivity contribution is -0.142. The van der Waals surface area contributed by atoms with Crippen molar-refractivity contribution in [1.29, 1.82) is 0 Å². The van der Waals surface area contributed by atoms with Crippen LogP contribution < -0.4 is 0 Å². The van der Waals surface area contributed by atoms with Gasteiger partial charge in [0.25, 0.3) is 0 Å². The SMILES string of the molecule is CCN(CC)C(=O)CC(C(=O)O)c1ccccc1. The van der Waals surface area contributed by atoms with Crippen LogP contribution in [0.25, 0.3) is 0 Å². The van der Waals surface area contributed by atoms with E-state index in [9.17, 15) is 14.7 Å². The average molecular weight is 249 g/mol. The van der Waals surface area contributed by atoms with Gasteiger partial charge >= 0.3 is 5.97 Å². The molecule has 1 aromatic rings. The van der Waals surface area contributed by atoms with Crippen LogP contribution >= 0.6 is 0 Å². The molecule has 0 radical (unpaired) electrons. The molecule has 1 aromatic carbocycles. The second-order valence-electron chi connectivity index (χ2n) is 4.07. The number of rotatable bonds is 6. The highest BCUT2D eigenvalue weighted by Crippen LogP contribution is 2.20. The molecule has 0 aliphatic heterocycles. The summed E-state index contributed by atoms with van der Waals surface area (Å²) in [5.41, 5.74) is 0.672. The molecular formula is C14H19NO3.